The quantitative estimate of drug-likeness (QED) is 0.128. The number of benzene rings is 21. The average molecular weight is 1660 g/mol. The first-order valence-electron chi connectivity index (χ1n) is 45.4. The van der Waals surface area contributed by atoms with E-state index < -0.39 is 0 Å². The van der Waals surface area contributed by atoms with E-state index in [1.807, 2.05) is 0 Å². The third kappa shape index (κ3) is 13.7. The van der Waals surface area contributed by atoms with Crippen molar-refractivity contribution in [3.63, 3.8) is 0 Å². The third-order valence-corrected chi connectivity index (χ3v) is 27.1. The fourth-order valence-electron chi connectivity index (χ4n) is 20.8. The van der Waals surface area contributed by atoms with E-state index in [-0.39, 0.29) is 10.8 Å². The summed E-state index contributed by atoms with van der Waals surface area (Å²) in [5.74, 6) is 0. The number of rotatable bonds is 9. The zero-order valence-corrected chi connectivity index (χ0v) is 74.7. The minimum Gasteiger partial charge on any atom is -0.309 e. The maximum Gasteiger partial charge on any atom is 0.0541 e. The average Bonchev–Trinajstić information content (AvgIpc) is 1.05. The van der Waals surface area contributed by atoms with E-state index in [1.165, 1.54) is 247 Å². The van der Waals surface area contributed by atoms with Crippen LogP contribution in [0.15, 0.2) is 419 Å². The number of nitrogens with zero attached hydrogens (tertiary/aromatic N) is 3. The Morgan fingerprint density at radius 1 is 0.171 bits per heavy atom. The Kier molecular flexibility index (Phi) is 19.7. The Morgan fingerprint density at radius 3 is 0.783 bits per heavy atom. The van der Waals surface area contributed by atoms with Gasteiger partial charge in [0.05, 0.1) is 33.1 Å². The molecular weight excluding hydrogens is 1560 g/mol. The van der Waals surface area contributed by atoms with Crippen molar-refractivity contribution in [1.29, 1.82) is 0 Å². The molecule has 21 aromatic carbocycles. The number of aryl methyl sites for hydroxylation is 4. The highest BCUT2D eigenvalue weighted by atomic mass is 15.0. The molecule has 0 fully saturated rings. The summed E-state index contributed by atoms with van der Waals surface area (Å²) in [7, 11) is 0. The van der Waals surface area contributed by atoms with Crippen molar-refractivity contribution < 1.29 is 0 Å². The van der Waals surface area contributed by atoms with Gasteiger partial charge in [0.2, 0.25) is 0 Å². The van der Waals surface area contributed by atoms with Gasteiger partial charge in [0, 0.05) is 49.4 Å². The fourth-order valence-corrected chi connectivity index (χ4v) is 20.8. The first-order chi connectivity index (χ1) is 63.0. The van der Waals surface area contributed by atoms with Crippen LogP contribution in [0.1, 0.15) is 74.9 Å². The van der Waals surface area contributed by atoms with Crippen LogP contribution in [0.2, 0.25) is 0 Å². The maximum absolute atomic E-state index is 2.44. The lowest BCUT2D eigenvalue weighted by atomic mass is 9.81. The first kappa shape index (κ1) is 79.5. The lowest BCUT2D eigenvalue weighted by Gasteiger charge is -2.23. The van der Waals surface area contributed by atoms with Crippen LogP contribution in [0.4, 0.5) is 0 Å². The van der Waals surface area contributed by atoms with Crippen LogP contribution in [0.25, 0.3) is 214 Å². The smallest absolute Gasteiger partial charge is 0.0541 e. The molecule has 618 valence electrons. The van der Waals surface area contributed by atoms with Gasteiger partial charge < -0.3 is 13.7 Å². The molecule has 0 atom stereocenters. The largest absolute Gasteiger partial charge is 0.309 e. The second-order valence-electron chi connectivity index (χ2n) is 37.2. The number of hydrogen-bond donors (Lipinski definition) is 0. The highest BCUT2D eigenvalue weighted by molar-refractivity contribution is 6.25. The topological polar surface area (TPSA) is 14.8 Å². The standard InChI is InChI=1S/2C43H35N.C40H29N/c1-28-17-26-37-38(27-28)42(29-18-22-31(23-19-29)43(2,3)4)36-14-6-5-13-35(36)41(37)30-20-24-32(25-21-30)44-39-15-9-7-11-33(39)34-12-8-10-16-40(34)44;1-28-17-19-29(20-18-28)42-36-14-6-5-13-35(36)41(37-26-23-31(27-38(37)42)43(2,3)4)30-21-24-32(25-22-30)44-39-15-9-7-11-33(39)34-12-8-10-16-40(34)44;1-26-25-38(41-36-22-12-10-16-29(36)30-17-11-13-23-37(30)41)27(2)24-35(26)40-33-20-8-6-18-31(33)39(28-14-4-3-5-15-28)32-19-7-9-21-34(32)40/h2*5-27H,1-4H3;3-25H,1-2H3. The third-order valence-electron chi connectivity index (χ3n) is 27.1. The zero-order valence-electron chi connectivity index (χ0n) is 74.7. The van der Waals surface area contributed by atoms with E-state index in [9.17, 15) is 0 Å². The van der Waals surface area contributed by atoms with Gasteiger partial charge in [-0.25, -0.2) is 0 Å². The van der Waals surface area contributed by atoms with E-state index in [4.69, 9.17) is 0 Å². The van der Waals surface area contributed by atoms with Gasteiger partial charge >= 0.3 is 0 Å². The molecule has 3 heterocycles. The molecule has 0 N–H and O–H groups in total. The van der Waals surface area contributed by atoms with Crippen LogP contribution >= 0.6 is 0 Å². The minimum absolute atomic E-state index is 0.0501. The van der Waals surface area contributed by atoms with Crippen LogP contribution < -0.4 is 0 Å². The Balaban J connectivity index is 0.000000114. The molecule has 0 aliphatic rings. The molecule has 0 amide bonds. The maximum atomic E-state index is 2.44. The predicted molar refractivity (Wildman–Crippen MR) is 556 cm³/mol. The molecule has 0 saturated heterocycles. The number of hydrogen-bond acceptors (Lipinski definition) is 0. The van der Waals surface area contributed by atoms with Crippen LogP contribution in [0.3, 0.4) is 0 Å². The monoisotopic (exact) mass is 1650 g/mol. The molecule has 0 saturated carbocycles. The number of fused-ring (bicyclic) bond motifs is 15. The number of para-hydroxylation sites is 6. The molecule has 24 rings (SSSR count). The van der Waals surface area contributed by atoms with E-state index in [1.54, 1.807) is 0 Å². The lowest BCUT2D eigenvalue weighted by Crippen LogP contribution is -2.10. The summed E-state index contributed by atoms with van der Waals surface area (Å²) in [6.45, 7) is 22.6. The van der Waals surface area contributed by atoms with Crippen LogP contribution in [-0.4, -0.2) is 13.7 Å². The van der Waals surface area contributed by atoms with E-state index in [0.29, 0.717) is 0 Å². The SMILES string of the molecule is Cc1cc(-n2c3ccccc3c3ccccc32)c(C)cc1-c1c2ccccc2c(-c2ccccc2)c2ccccc12.Cc1ccc(-c2c3ccccc3c(-c3ccc(-n4c5ccccc5c5ccccc54)cc3)c3ccc(C(C)(C)C)cc23)cc1.Cc1ccc2c(-c3ccc(-n4c5ccccc5c5ccccc54)cc3)c3ccccc3c(-c3ccc(C(C)(C)C)cc3)c2c1. The summed E-state index contributed by atoms with van der Waals surface area (Å²) < 4.78 is 7.21. The van der Waals surface area contributed by atoms with Crippen molar-refractivity contribution in [2.45, 2.75) is 80.1 Å². The van der Waals surface area contributed by atoms with Crippen molar-refractivity contribution in [3.8, 4) is 83.8 Å². The summed E-state index contributed by atoms with van der Waals surface area (Å²) in [5.41, 5.74) is 34.3. The molecule has 0 spiro atoms. The molecule has 0 bridgehead atoms. The van der Waals surface area contributed by atoms with Gasteiger partial charge in [0.15, 0.2) is 0 Å². The van der Waals surface area contributed by atoms with Gasteiger partial charge in [-0.2, -0.15) is 0 Å². The first-order valence-corrected chi connectivity index (χ1v) is 45.4. The minimum atomic E-state index is 0.0501. The molecular formula is C126H99N3. The van der Waals surface area contributed by atoms with Gasteiger partial charge in [-0.1, -0.05) is 392 Å². The van der Waals surface area contributed by atoms with Gasteiger partial charge in [-0.15, -0.1) is 0 Å². The molecule has 0 radical (unpaired) electrons. The molecule has 3 nitrogen and oxygen atoms in total. The van der Waals surface area contributed by atoms with Crippen molar-refractivity contribution >= 4 is 130 Å². The summed E-state index contributed by atoms with van der Waals surface area (Å²) >= 11 is 0. The van der Waals surface area contributed by atoms with Crippen molar-refractivity contribution in [2.24, 2.45) is 0 Å². The molecule has 0 aliphatic heterocycles. The van der Waals surface area contributed by atoms with E-state index in [2.05, 4.69) is 502 Å². The van der Waals surface area contributed by atoms with Crippen LogP contribution in [-0.2, 0) is 10.8 Å². The summed E-state index contributed by atoms with van der Waals surface area (Å²) in [5, 5.41) is 23.2. The van der Waals surface area contributed by atoms with Gasteiger partial charge in [0.1, 0.15) is 0 Å². The van der Waals surface area contributed by atoms with Gasteiger partial charge in [0.25, 0.3) is 0 Å². The lowest BCUT2D eigenvalue weighted by molar-refractivity contribution is 0.590. The molecule has 24 aromatic rings. The van der Waals surface area contributed by atoms with Crippen molar-refractivity contribution in [1.82, 2.24) is 13.7 Å². The van der Waals surface area contributed by atoms with Crippen molar-refractivity contribution in [2.75, 3.05) is 0 Å². The van der Waals surface area contributed by atoms with Crippen LogP contribution in [0.5, 0.6) is 0 Å². The van der Waals surface area contributed by atoms with Crippen LogP contribution in [0, 0.1) is 27.7 Å². The summed E-state index contributed by atoms with van der Waals surface area (Å²) in [6, 6.07) is 154. The Hall–Kier alpha value is -15.4. The molecule has 0 unspecified atom stereocenters. The predicted octanol–water partition coefficient (Wildman–Crippen LogP) is 35.1. The summed E-state index contributed by atoms with van der Waals surface area (Å²) in [4.78, 5) is 0. The molecule has 3 aromatic heterocycles. The molecule has 0 aliphatic carbocycles. The van der Waals surface area contributed by atoms with E-state index >= 15 is 0 Å². The highest BCUT2D eigenvalue weighted by Gasteiger charge is 2.26. The van der Waals surface area contributed by atoms with E-state index in [0.717, 1.165) is 0 Å². The fraction of sp³-hybridized carbons (Fsp3) is 0.0952. The number of aromatic nitrogens is 3. The summed E-state index contributed by atoms with van der Waals surface area (Å²) in [6.07, 6.45) is 0. The van der Waals surface area contributed by atoms with Crippen molar-refractivity contribution in [3.05, 3.63) is 452 Å². The second-order valence-corrected chi connectivity index (χ2v) is 37.2. The highest BCUT2D eigenvalue weighted by Crippen LogP contribution is 2.51. The molecule has 129 heavy (non-hydrogen) atoms. The zero-order chi connectivity index (χ0) is 87.5. The van der Waals surface area contributed by atoms with Gasteiger partial charge in [-0.3, -0.25) is 0 Å². The van der Waals surface area contributed by atoms with Gasteiger partial charge in [-0.05, 0) is 271 Å². The normalized spacial score (nSPS) is 12.0. The molecule has 3 heteroatoms. The Morgan fingerprint density at radius 2 is 0.426 bits per heavy atom. The Labute approximate surface area is 754 Å². The second kappa shape index (κ2) is 31.9. The Bertz CT molecular complexity index is 8330.